The summed E-state index contributed by atoms with van der Waals surface area (Å²) in [6.45, 7) is 0. The average Bonchev–Trinajstić information content (AvgIpc) is 3.35. The maximum Gasteiger partial charge on any atom is 0.267 e. The number of carbonyl (C=O) groups excluding carboxylic acids is 4. The molecule has 0 aliphatic carbocycles. The molecular weight excluding hydrogens is 954 g/mol. The Kier molecular flexibility index (Phi) is 8.61. The third-order valence-electron chi connectivity index (χ3n) is 6.91. The quantitative estimate of drug-likeness (QED) is 0.189. The first-order chi connectivity index (χ1) is 21.1. The zero-order valence-electron chi connectivity index (χ0n) is 21.4. The molecule has 0 fully saturated rings. The average molecular weight is 962 g/mol. The van der Waals surface area contributed by atoms with Gasteiger partial charge < -0.3 is 0 Å². The summed E-state index contributed by atoms with van der Waals surface area (Å²) in [4.78, 5) is 53.3. The molecule has 0 atom stereocenters. The number of fused-ring (bicyclic) bond motifs is 2. The van der Waals surface area contributed by atoms with E-state index in [1.807, 2.05) is 0 Å². The number of amides is 4. The van der Waals surface area contributed by atoms with Crippen LogP contribution in [-0.2, 0) is 9.84 Å². The van der Waals surface area contributed by atoms with Gasteiger partial charge >= 0.3 is 0 Å². The molecule has 0 spiro atoms. The Morgan fingerprint density at radius 1 is 0.511 bits per heavy atom. The molecule has 17 heteroatoms. The highest BCUT2D eigenvalue weighted by molar-refractivity contribution is 9.13. The van der Waals surface area contributed by atoms with Crippen molar-refractivity contribution in [1.82, 2.24) is 0 Å². The van der Waals surface area contributed by atoms with Crippen LogP contribution in [0.2, 0.25) is 20.1 Å². The van der Waals surface area contributed by atoms with Gasteiger partial charge in [0.15, 0.2) is 0 Å². The molecule has 2 aliphatic rings. The number of imide groups is 2. The summed E-state index contributed by atoms with van der Waals surface area (Å²) in [5.74, 6) is -2.69. The van der Waals surface area contributed by atoms with Gasteiger partial charge in [0.25, 0.3) is 23.6 Å². The standard InChI is InChI=1S/C28H8Br4Cl4N2O6S/c29-13-3-1-11-19(21(13)31)27(41)37(25(11)39)9-5-15(33)23(16(34)6-9)45(43,44)24-17(35)7-10(8-18(24)36)38-26(40)12-2-4-14(30)22(32)20(12)28(38)42/h1-8H. The number of sulfone groups is 1. The summed E-state index contributed by atoms with van der Waals surface area (Å²) >= 11 is 39.0. The molecule has 2 heterocycles. The molecule has 45 heavy (non-hydrogen) atoms. The van der Waals surface area contributed by atoms with E-state index in [9.17, 15) is 27.6 Å². The number of carbonyl (C=O) groups is 4. The highest BCUT2D eigenvalue weighted by atomic mass is 79.9. The van der Waals surface area contributed by atoms with Crippen molar-refractivity contribution in [2.24, 2.45) is 0 Å². The molecule has 4 aromatic carbocycles. The van der Waals surface area contributed by atoms with Crippen molar-refractivity contribution in [3.63, 3.8) is 0 Å². The minimum absolute atomic E-state index is 0.0749. The van der Waals surface area contributed by atoms with Crippen molar-refractivity contribution in [3.8, 4) is 0 Å². The molecular formula is C28H8Br4Cl4N2O6S. The van der Waals surface area contributed by atoms with E-state index in [2.05, 4.69) is 63.7 Å². The van der Waals surface area contributed by atoms with Gasteiger partial charge in [0.2, 0.25) is 9.84 Å². The minimum Gasteiger partial charge on any atom is -0.268 e. The van der Waals surface area contributed by atoms with E-state index in [0.717, 1.165) is 34.1 Å². The van der Waals surface area contributed by atoms with E-state index in [4.69, 9.17) is 46.4 Å². The van der Waals surface area contributed by atoms with E-state index >= 15 is 0 Å². The van der Waals surface area contributed by atoms with Crippen LogP contribution in [0.3, 0.4) is 0 Å². The van der Waals surface area contributed by atoms with Gasteiger partial charge in [-0.2, -0.15) is 0 Å². The molecule has 2 aliphatic heterocycles. The molecule has 0 radical (unpaired) electrons. The second kappa shape index (κ2) is 11.7. The van der Waals surface area contributed by atoms with Gasteiger partial charge in [-0.15, -0.1) is 0 Å². The fourth-order valence-corrected chi connectivity index (χ4v) is 10.3. The van der Waals surface area contributed by atoms with Crippen LogP contribution in [0.1, 0.15) is 41.4 Å². The van der Waals surface area contributed by atoms with Crippen molar-refractivity contribution >= 4 is 155 Å². The first kappa shape index (κ1) is 33.1. The lowest BCUT2D eigenvalue weighted by molar-refractivity contribution is 0.0910. The zero-order valence-corrected chi connectivity index (χ0v) is 31.6. The largest absolute Gasteiger partial charge is 0.268 e. The van der Waals surface area contributed by atoms with E-state index in [1.54, 1.807) is 12.1 Å². The van der Waals surface area contributed by atoms with Crippen LogP contribution in [0.5, 0.6) is 0 Å². The number of nitrogens with zero attached hydrogens (tertiary/aromatic N) is 2. The van der Waals surface area contributed by atoms with E-state index in [0.29, 0.717) is 17.9 Å². The summed E-state index contributed by atoms with van der Waals surface area (Å²) < 4.78 is 29.6. The monoisotopic (exact) mass is 956 g/mol. The number of benzene rings is 4. The Morgan fingerprint density at radius 2 is 0.822 bits per heavy atom. The number of hydrogen-bond donors (Lipinski definition) is 0. The summed E-state index contributed by atoms with van der Waals surface area (Å²) in [6.07, 6.45) is 0. The maximum atomic E-state index is 13.9. The van der Waals surface area contributed by atoms with Gasteiger partial charge in [0.1, 0.15) is 9.79 Å². The smallest absolute Gasteiger partial charge is 0.267 e. The molecule has 0 unspecified atom stereocenters. The molecule has 228 valence electrons. The minimum atomic E-state index is -4.66. The van der Waals surface area contributed by atoms with Gasteiger partial charge in [-0.05, 0) is 112 Å². The third kappa shape index (κ3) is 5.05. The van der Waals surface area contributed by atoms with Crippen LogP contribution in [0.25, 0.3) is 0 Å². The van der Waals surface area contributed by atoms with Gasteiger partial charge in [-0.1, -0.05) is 46.4 Å². The summed E-state index contributed by atoms with van der Waals surface area (Å²) in [5, 5.41) is -1.72. The molecule has 4 aromatic rings. The Morgan fingerprint density at radius 3 is 1.13 bits per heavy atom. The summed E-state index contributed by atoms with van der Waals surface area (Å²) in [6, 6.07) is 10.6. The first-order valence-electron chi connectivity index (χ1n) is 12.0. The van der Waals surface area contributed by atoms with Crippen LogP contribution in [0.15, 0.2) is 76.2 Å². The normalized spacial score (nSPS) is 14.5. The first-order valence-corrected chi connectivity index (χ1v) is 18.2. The Labute approximate surface area is 308 Å². The van der Waals surface area contributed by atoms with Crippen LogP contribution < -0.4 is 9.80 Å². The lowest BCUT2D eigenvalue weighted by Crippen LogP contribution is -2.29. The summed E-state index contributed by atoms with van der Waals surface area (Å²) in [7, 11) is -4.66. The second-order valence-electron chi connectivity index (χ2n) is 9.44. The van der Waals surface area contributed by atoms with Gasteiger partial charge in [0.05, 0.1) is 53.7 Å². The molecule has 0 saturated carbocycles. The van der Waals surface area contributed by atoms with Gasteiger partial charge in [-0.25, -0.2) is 18.2 Å². The van der Waals surface area contributed by atoms with Crippen molar-refractivity contribution in [2.75, 3.05) is 9.80 Å². The lowest BCUT2D eigenvalue weighted by atomic mass is 10.1. The van der Waals surface area contributed by atoms with Crippen molar-refractivity contribution in [2.45, 2.75) is 9.79 Å². The fraction of sp³-hybridized carbons (Fsp3) is 0. The lowest BCUT2D eigenvalue weighted by Gasteiger charge is -2.19. The maximum absolute atomic E-state index is 13.9. The Hall–Kier alpha value is -1.81. The van der Waals surface area contributed by atoms with Crippen LogP contribution >= 0.6 is 110 Å². The van der Waals surface area contributed by atoms with Crippen molar-refractivity contribution in [1.29, 1.82) is 0 Å². The topological polar surface area (TPSA) is 109 Å². The van der Waals surface area contributed by atoms with Crippen molar-refractivity contribution < 1.29 is 27.6 Å². The molecule has 0 bridgehead atoms. The number of rotatable bonds is 4. The Balaban J connectivity index is 1.39. The number of hydrogen-bond acceptors (Lipinski definition) is 6. The highest BCUT2D eigenvalue weighted by Crippen LogP contribution is 2.46. The summed E-state index contributed by atoms with van der Waals surface area (Å²) in [5.41, 5.74) is 0.305. The molecule has 0 aromatic heterocycles. The predicted octanol–water partition coefficient (Wildman–Crippen LogP) is 9.78. The fourth-order valence-electron chi connectivity index (χ4n) is 4.96. The molecule has 8 nitrogen and oxygen atoms in total. The second-order valence-corrected chi connectivity index (χ2v) is 16.2. The zero-order chi connectivity index (χ0) is 32.9. The van der Waals surface area contributed by atoms with Crippen LogP contribution in [0, 0.1) is 0 Å². The SMILES string of the molecule is O=C1c2ccc(Br)c(Br)c2C(=O)N1c1cc(Cl)c(S(=O)(=O)c2c(Cl)cc(N3C(=O)c4ccc(Br)c(Br)c4C3=O)cc2Cl)c(Cl)c1. The van der Waals surface area contributed by atoms with Gasteiger partial charge in [0, 0.05) is 17.9 Å². The molecule has 6 rings (SSSR count). The highest BCUT2D eigenvalue weighted by Gasteiger charge is 2.42. The molecule has 0 saturated heterocycles. The Bertz CT molecular complexity index is 2040. The number of halogens is 8. The van der Waals surface area contributed by atoms with E-state index in [1.165, 1.54) is 12.1 Å². The number of anilines is 2. The van der Waals surface area contributed by atoms with E-state index < -0.39 is 63.3 Å². The van der Waals surface area contributed by atoms with Gasteiger partial charge in [-0.3, -0.25) is 19.2 Å². The molecule has 0 N–H and O–H groups in total. The van der Waals surface area contributed by atoms with Crippen molar-refractivity contribution in [3.05, 3.63) is 109 Å². The van der Waals surface area contributed by atoms with Crippen LogP contribution in [-0.4, -0.2) is 32.0 Å². The van der Waals surface area contributed by atoms with E-state index in [-0.39, 0.29) is 33.6 Å². The predicted molar refractivity (Wildman–Crippen MR) is 184 cm³/mol. The van der Waals surface area contributed by atoms with Crippen LogP contribution in [0.4, 0.5) is 11.4 Å². The molecule has 4 amide bonds. The third-order valence-corrected chi connectivity index (χ3v) is 14.5.